The maximum atomic E-state index is 11.5. The Kier molecular flexibility index (Phi) is 2.18. The van der Waals surface area contributed by atoms with Gasteiger partial charge in [-0.1, -0.05) is 12.8 Å². The van der Waals surface area contributed by atoms with Crippen LogP contribution in [0.3, 0.4) is 0 Å². The number of aliphatic hydroxyl groups is 1. The van der Waals surface area contributed by atoms with Crippen molar-refractivity contribution >= 4 is 5.78 Å². The standard InChI is InChI=1S/C10H16O2/c11-9-5-6-10(12)8-4-2-1-3-7(8)9/h7-9,11H,1-6H2. The van der Waals surface area contributed by atoms with E-state index in [1.54, 1.807) is 0 Å². The van der Waals surface area contributed by atoms with Crippen LogP contribution in [0.1, 0.15) is 38.5 Å². The van der Waals surface area contributed by atoms with Crippen molar-refractivity contribution in [1.82, 2.24) is 0 Å². The predicted molar refractivity (Wildman–Crippen MR) is 45.7 cm³/mol. The van der Waals surface area contributed by atoms with Gasteiger partial charge in [-0.2, -0.15) is 0 Å². The van der Waals surface area contributed by atoms with Crippen LogP contribution < -0.4 is 0 Å². The largest absolute Gasteiger partial charge is 0.393 e. The van der Waals surface area contributed by atoms with Crippen molar-refractivity contribution in [3.63, 3.8) is 0 Å². The first kappa shape index (κ1) is 8.24. The minimum Gasteiger partial charge on any atom is -0.393 e. The summed E-state index contributed by atoms with van der Waals surface area (Å²) in [5, 5.41) is 9.67. The molecule has 0 saturated heterocycles. The molecule has 2 saturated carbocycles. The molecular weight excluding hydrogens is 152 g/mol. The van der Waals surface area contributed by atoms with Crippen LogP contribution in [-0.4, -0.2) is 17.0 Å². The summed E-state index contributed by atoms with van der Waals surface area (Å²) >= 11 is 0. The van der Waals surface area contributed by atoms with Gasteiger partial charge in [0.15, 0.2) is 0 Å². The molecule has 1 N–H and O–H groups in total. The molecule has 0 aliphatic heterocycles. The molecule has 0 aromatic heterocycles. The zero-order chi connectivity index (χ0) is 8.55. The first-order chi connectivity index (χ1) is 5.79. The van der Waals surface area contributed by atoms with Gasteiger partial charge in [0.05, 0.1) is 6.10 Å². The third-order valence-electron chi connectivity index (χ3n) is 3.41. The van der Waals surface area contributed by atoms with Crippen LogP contribution >= 0.6 is 0 Å². The molecule has 0 bridgehead atoms. The van der Waals surface area contributed by atoms with Gasteiger partial charge in [-0.3, -0.25) is 4.79 Å². The Hall–Kier alpha value is -0.370. The van der Waals surface area contributed by atoms with Crippen molar-refractivity contribution < 1.29 is 9.90 Å². The van der Waals surface area contributed by atoms with Crippen molar-refractivity contribution in [2.75, 3.05) is 0 Å². The van der Waals surface area contributed by atoms with Crippen LogP contribution in [-0.2, 0) is 4.79 Å². The molecule has 0 radical (unpaired) electrons. The molecule has 2 fully saturated rings. The molecule has 2 heteroatoms. The summed E-state index contributed by atoms with van der Waals surface area (Å²) in [4.78, 5) is 11.5. The molecular formula is C10H16O2. The van der Waals surface area contributed by atoms with E-state index in [0.29, 0.717) is 24.5 Å². The molecule has 0 spiro atoms. The van der Waals surface area contributed by atoms with Gasteiger partial charge in [0.25, 0.3) is 0 Å². The zero-order valence-electron chi connectivity index (χ0n) is 7.33. The smallest absolute Gasteiger partial charge is 0.136 e. The number of carbonyl (C=O) groups is 1. The maximum Gasteiger partial charge on any atom is 0.136 e. The van der Waals surface area contributed by atoms with Crippen LogP contribution in [0.25, 0.3) is 0 Å². The van der Waals surface area contributed by atoms with E-state index < -0.39 is 0 Å². The molecule has 0 aromatic rings. The van der Waals surface area contributed by atoms with Crippen LogP contribution in [0.4, 0.5) is 0 Å². The van der Waals surface area contributed by atoms with E-state index >= 15 is 0 Å². The quantitative estimate of drug-likeness (QED) is 0.595. The zero-order valence-corrected chi connectivity index (χ0v) is 7.33. The van der Waals surface area contributed by atoms with Gasteiger partial charge in [-0.25, -0.2) is 0 Å². The van der Waals surface area contributed by atoms with Gasteiger partial charge in [0, 0.05) is 12.3 Å². The highest BCUT2D eigenvalue weighted by atomic mass is 16.3. The van der Waals surface area contributed by atoms with Crippen LogP contribution in [0.5, 0.6) is 0 Å². The number of aliphatic hydroxyl groups excluding tert-OH is 1. The summed E-state index contributed by atoms with van der Waals surface area (Å²) in [5.74, 6) is 0.924. The van der Waals surface area contributed by atoms with E-state index in [-0.39, 0.29) is 12.0 Å². The molecule has 0 aromatic carbocycles. The first-order valence-corrected chi connectivity index (χ1v) is 5.00. The number of fused-ring (bicyclic) bond motifs is 1. The Bertz CT molecular complexity index is 188. The van der Waals surface area contributed by atoms with Gasteiger partial charge in [0.2, 0.25) is 0 Å². The highest BCUT2D eigenvalue weighted by Crippen LogP contribution is 2.38. The van der Waals surface area contributed by atoms with Gasteiger partial charge in [0.1, 0.15) is 5.78 Å². The fourth-order valence-corrected chi connectivity index (χ4v) is 2.71. The van der Waals surface area contributed by atoms with E-state index in [1.165, 1.54) is 12.8 Å². The molecule has 68 valence electrons. The highest BCUT2D eigenvalue weighted by Gasteiger charge is 2.38. The fourth-order valence-electron chi connectivity index (χ4n) is 2.71. The van der Waals surface area contributed by atoms with Crippen LogP contribution in [0.15, 0.2) is 0 Å². The summed E-state index contributed by atoms with van der Waals surface area (Å²) in [6.45, 7) is 0. The van der Waals surface area contributed by atoms with E-state index in [1.807, 2.05) is 0 Å². The molecule has 2 nitrogen and oxygen atoms in total. The third kappa shape index (κ3) is 1.28. The molecule has 3 unspecified atom stereocenters. The fraction of sp³-hybridized carbons (Fsp3) is 0.900. The van der Waals surface area contributed by atoms with E-state index in [2.05, 4.69) is 0 Å². The second-order valence-electron chi connectivity index (χ2n) is 4.13. The average Bonchev–Trinajstić information content (AvgIpc) is 2.12. The lowest BCUT2D eigenvalue weighted by Gasteiger charge is -2.37. The van der Waals surface area contributed by atoms with E-state index in [4.69, 9.17) is 0 Å². The van der Waals surface area contributed by atoms with Crippen molar-refractivity contribution in [2.24, 2.45) is 11.8 Å². The Balaban J connectivity index is 2.11. The van der Waals surface area contributed by atoms with Crippen molar-refractivity contribution in [3.8, 4) is 0 Å². The molecule has 2 rings (SSSR count). The monoisotopic (exact) mass is 168 g/mol. The molecule has 12 heavy (non-hydrogen) atoms. The molecule has 0 amide bonds. The number of hydrogen-bond acceptors (Lipinski definition) is 2. The lowest BCUT2D eigenvalue weighted by atomic mass is 9.69. The summed E-state index contributed by atoms with van der Waals surface area (Å²) in [5.41, 5.74) is 0. The predicted octanol–water partition coefficient (Wildman–Crippen LogP) is 1.52. The number of hydrogen-bond donors (Lipinski definition) is 1. The molecule has 3 atom stereocenters. The Morgan fingerprint density at radius 2 is 1.92 bits per heavy atom. The molecule has 2 aliphatic rings. The molecule has 2 aliphatic carbocycles. The third-order valence-corrected chi connectivity index (χ3v) is 3.41. The van der Waals surface area contributed by atoms with Crippen LogP contribution in [0, 0.1) is 11.8 Å². The summed E-state index contributed by atoms with van der Waals surface area (Å²) in [6.07, 6.45) is 5.61. The Labute approximate surface area is 73.0 Å². The summed E-state index contributed by atoms with van der Waals surface area (Å²) in [6, 6.07) is 0. The minimum absolute atomic E-state index is 0.187. The summed E-state index contributed by atoms with van der Waals surface area (Å²) in [7, 11) is 0. The average molecular weight is 168 g/mol. The van der Waals surface area contributed by atoms with Crippen molar-refractivity contribution in [2.45, 2.75) is 44.6 Å². The second kappa shape index (κ2) is 3.17. The van der Waals surface area contributed by atoms with Gasteiger partial charge >= 0.3 is 0 Å². The minimum atomic E-state index is -0.187. The van der Waals surface area contributed by atoms with Crippen molar-refractivity contribution in [3.05, 3.63) is 0 Å². The Morgan fingerprint density at radius 1 is 1.17 bits per heavy atom. The number of rotatable bonds is 0. The van der Waals surface area contributed by atoms with Crippen LogP contribution in [0.2, 0.25) is 0 Å². The van der Waals surface area contributed by atoms with Gasteiger partial charge < -0.3 is 5.11 Å². The normalized spacial score (nSPS) is 42.4. The first-order valence-electron chi connectivity index (χ1n) is 5.00. The van der Waals surface area contributed by atoms with Gasteiger partial charge in [-0.15, -0.1) is 0 Å². The number of ketones is 1. The molecule has 0 heterocycles. The lowest BCUT2D eigenvalue weighted by molar-refractivity contribution is -0.132. The lowest BCUT2D eigenvalue weighted by Crippen LogP contribution is -2.40. The number of Topliss-reactive ketones (excluding diaryl/α,β-unsaturated/α-hetero) is 1. The van der Waals surface area contributed by atoms with Gasteiger partial charge in [-0.05, 0) is 25.2 Å². The highest BCUT2D eigenvalue weighted by molar-refractivity contribution is 5.82. The second-order valence-corrected chi connectivity index (χ2v) is 4.13. The van der Waals surface area contributed by atoms with E-state index in [0.717, 1.165) is 12.8 Å². The SMILES string of the molecule is O=C1CCC(O)C2CCCCC12. The maximum absolute atomic E-state index is 11.5. The topological polar surface area (TPSA) is 37.3 Å². The summed E-state index contributed by atoms with van der Waals surface area (Å²) < 4.78 is 0. The van der Waals surface area contributed by atoms with E-state index in [9.17, 15) is 9.90 Å². The number of carbonyl (C=O) groups excluding carboxylic acids is 1. The Morgan fingerprint density at radius 3 is 2.67 bits per heavy atom. The van der Waals surface area contributed by atoms with Crippen molar-refractivity contribution in [1.29, 1.82) is 0 Å².